The molecule has 1 aliphatic rings. The summed E-state index contributed by atoms with van der Waals surface area (Å²) >= 11 is 0. The van der Waals surface area contributed by atoms with Crippen molar-refractivity contribution < 1.29 is 13.2 Å². The van der Waals surface area contributed by atoms with Crippen LogP contribution in [0.1, 0.15) is 26.7 Å². The largest absolute Gasteiger partial charge is 0.377 e. The molecule has 1 aliphatic heterocycles. The highest BCUT2D eigenvalue weighted by atomic mass is 35.5. The van der Waals surface area contributed by atoms with Gasteiger partial charge in [0.25, 0.3) is 0 Å². The van der Waals surface area contributed by atoms with E-state index in [0.717, 1.165) is 12.8 Å². The second-order valence-electron chi connectivity index (χ2n) is 4.73. The third-order valence-corrected chi connectivity index (χ3v) is 3.57. The van der Waals surface area contributed by atoms with E-state index in [0.29, 0.717) is 6.61 Å². The van der Waals surface area contributed by atoms with Crippen LogP contribution in [0.2, 0.25) is 0 Å². The summed E-state index contributed by atoms with van der Waals surface area (Å²) in [5, 5.41) is 0. The Morgan fingerprint density at radius 1 is 1.50 bits per heavy atom. The minimum absolute atomic E-state index is 0. The van der Waals surface area contributed by atoms with Gasteiger partial charge in [0.05, 0.1) is 11.9 Å². The molecule has 0 bridgehead atoms. The van der Waals surface area contributed by atoms with Gasteiger partial charge in [-0.05, 0) is 26.7 Å². The zero-order valence-corrected chi connectivity index (χ0v) is 11.4. The Morgan fingerprint density at radius 3 is 2.56 bits per heavy atom. The molecule has 16 heavy (non-hydrogen) atoms. The summed E-state index contributed by atoms with van der Waals surface area (Å²) in [5.74, 6) is 0.0447. The van der Waals surface area contributed by atoms with Crippen molar-refractivity contribution in [2.75, 3.05) is 18.9 Å². The fraction of sp³-hybridized carbons (Fsp3) is 1.00. The zero-order valence-electron chi connectivity index (χ0n) is 9.73. The van der Waals surface area contributed by atoms with Crippen LogP contribution < -0.4 is 10.5 Å². The molecule has 0 aliphatic carbocycles. The van der Waals surface area contributed by atoms with Gasteiger partial charge in [-0.3, -0.25) is 0 Å². The number of hydrogen-bond acceptors (Lipinski definition) is 4. The first-order valence-corrected chi connectivity index (χ1v) is 6.82. The molecule has 1 fully saturated rings. The number of halogens is 1. The van der Waals surface area contributed by atoms with Crippen molar-refractivity contribution in [3.8, 4) is 0 Å². The molecule has 1 atom stereocenters. The molecule has 0 saturated carbocycles. The minimum atomic E-state index is -3.25. The Kier molecular flexibility index (Phi) is 6.21. The molecular weight excluding hydrogens is 252 g/mol. The Bertz CT molecular complexity index is 294. The van der Waals surface area contributed by atoms with E-state index in [9.17, 15) is 8.42 Å². The van der Waals surface area contributed by atoms with Crippen LogP contribution >= 0.6 is 12.4 Å². The van der Waals surface area contributed by atoms with Crippen LogP contribution in [0.25, 0.3) is 0 Å². The first-order chi connectivity index (χ1) is 6.79. The van der Waals surface area contributed by atoms with Crippen molar-refractivity contribution in [3.63, 3.8) is 0 Å². The minimum Gasteiger partial charge on any atom is -0.377 e. The van der Waals surface area contributed by atoms with Crippen LogP contribution in [0.15, 0.2) is 0 Å². The highest BCUT2D eigenvalue weighted by Gasteiger charge is 2.24. The maximum Gasteiger partial charge on any atom is 0.214 e. The first kappa shape index (κ1) is 16.1. The molecule has 1 unspecified atom stereocenters. The number of rotatable bonds is 5. The highest BCUT2D eigenvalue weighted by molar-refractivity contribution is 7.89. The Hall–Kier alpha value is 0.120. The maximum atomic E-state index is 11.6. The lowest BCUT2D eigenvalue weighted by Crippen LogP contribution is -2.46. The van der Waals surface area contributed by atoms with Crippen molar-refractivity contribution >= 4 is 22.4 Å². The number of hydrogen-bond donors (Lipinski definition) is 2. The lowest BCUT2D eigenvalue weighted by atomic mass is 10.1. The third-order valence-electron chi connectivity index (χ3n) is 2.18. The summed E-state index contributed by atoms with van der Waals surface area (Å²) in [7, 11) is -3.25. The van der Waals surface area contributed by atoms with Crippen molar-refractivity contribution in [1.82, 2.24) is 4.72 Å². The lowest BCUT2D eigenvalue weighted by molar-refractivity contribution is 0.127. The molecule has 5 nitrogen and oxygen atoms in total. The lowest BCUT2D eigenvalue weighted by Gasteiger charge is -2.19. The van der Waals surface area contributed by atoms with Crippen LogP contribution in [-0.4, -0.2) is 39.0 Å². The van der Waals surface area contributed by atoms with E-state index in [2.05, 4.69) is 4.72 Å². The standard InChI is InChI=1S/C9H20N2O3S.ClH/c1-9(2,10)7-11-15(12,13)6-8-4-3-5-14-8;/h8,11H,3-7,10H2,1-2H3;1H. The quantitative estimate of drug-likeness (QED) is 0.751. The molecule has 0 spiro atoms. The molecule has 1 rings (SSSR count). The summed E-state index contributed by atoms with van der Waals surface area (Å²) in [5.41, 5.74) is 5.17. The van der Waals surface area contributed by atoms with Crippen LogP contribution in [0.4, 0.5) is 0 Å². The molecule has 1 saturated heterocycles. The summed E-state index contributed by atoms with van der Waals surface area (Å²) in [6, 6.07) is 0. The van der Waals surface area contributed by atoms with E-state index in [1.165, 1.54) is 0 Å². The van der Waals surface area contributed by atoms with Crippen LogP contribution in [0, 0.1) is 0 Å². The van der Waals surface area contributed by atoms with Crippen molar-refractivity contribution in [1.29, 1.82) is 0 Å². The van der Waals surface area contributed by atoms with E-state index < -0.39 is 15.6 Å². The first-order valence-electron chi connectivity index (χ1n) is 5.16. The van der Waals surface area contributed by atoms with Gasteiger partial charge in [0.15, 0.2) is 0 Å². The van der Waals surface area contributed by atoms with Gasteiger partial charge in [0.1, 0.15) is 0 Å². The average Bonchev–Trinajstić information content (AvgIpc) is 2.52. The van der Waals surface area contributed by atoms with Crippen LogP contribution in [0.3, 0.4) is 0 Å². The van der Waals surface area contributed by atoms with Gasteiger partial charge in [-0.15, -0.1) is 12.4 Å². The summed E-state index contributed by atoms with van der Waals surface area (Å²) < 4.78 is 30.9. The topological polar surface area (TPSA) is 81.4 Å². The molecule has 98 valence electrons. The summed E-state index contributed by atoms with van der Waals surface area (Å²) in [4.78, 5) is 0. The monoisotopic (exact) mass is 272 g/mol. The van der Waals surface area contributed by atoms with Crippen molar-refractivity contribution in [2.45, 2.75) is 38.3 Å². The van der Waals surface area contributed by atoms with E-state index >= 15 is 0 Å². The molecule has 0 aromatic carbocycles. The molecule has 0 amide bonds. The van der Waals surface area contributed by atoms with Crippen molar-refractivity contribution in [3.05, 3.63) is 0 Å². The molecule has 0 radical (unpaired) electrons. The fourth-order valence-corrected chi connectivity index (χ4v) is 2.84. The fourth-order valence-electron chi connectivity index (χ4n) is 1.38. The molecule has 3 N–H and O–H groups in total. The van der Waals surface area contributed by atoms with Crippen molar-refractivity contribution in [2.24, 2.45) is 5.73 Å². The molecule has 0 aromatic heterocycles. The highest BCUT2D eigenvalue weighted by Crippen LogP contribution is 2.13. The number of sulfonamides is 1. The molecule has 7 heteroatoms. The second-order valence-corrected chi connectivity index (χ2v) is 6.58. The molecule has 0 aromatic rings. The summed E-state index contributed by atoms with van der Waals surface area (Å²) in [6.07, 6.45) is 1.62. The molecule has 1 heterocycles. The van der Waals surface area contributed by atoms with Gasteiger partial charge in [-0.1, -0.05) is 0 Å². The predicted molar refractivity (Wildman–Crippen MR) is 66.3 cm³/mol. The van der Waals surface area contributed by atoms with E-state index in [-0.39, 0.29) is 30.8 Å². The average molecular weight is 273 g/mol. The number of nitrogens with two attached hydrogens (primary N) is 1. The second kappa shape index (κ2) is 6.16. The van der Waals surface area contributed by atoms with Gasteiger partial charge in [-0.2, -0.15) is 0 Å². The van der Waals surface area contributed by atoms with E-state index in [1.807, 2.05) is 0 Å². The summed E-state index contributed by atoms with van der Waals surface area (Å²) in [6.45, 7) is 4.48. The Balaban J connectivity index is 0.00000225. The Labute approximate surface area is 104 Å². The Morgan fingerprint density at radius 2 is 2.12 bits per heavy atom. The normalized spacial score (nSPS) is 21.8. The SMILES string of the molecule is CC(C)(N)CNS(=O)(=O)CC1CCCO1.Cl. The maximum absolute atomic E-state index is 11.6. The van der Waals surface area contributed by atoms with Gasteiger partial charge in [-0.25, -0.2) is 13.1 Å². The smallest absolute Gasteiger partial charge is 0.214 e. The van der Waals surface area contributed by atoms with Crippen LogP contribution in [0.5, 0.6) is 0 Å². The predicted octanol–water partition coefficient (Wildman–Crippen LogP) is 0.244. The van der Waals surface area contributed by atoms with Gasteiger partial charge >= 0.3 is 0 Å². The van der Waals surface area contributed by atoms with Crippen LogP contribution in [-0.2, 0) is 14.8 Å². The van der Waals surface area contributed by atoms with E-state index in [1.54, 1.807) is 13.8 Å². The number of nitrogens with one attached hydrogen (secondary N) is 1. The van der Waals surface area contributed by atoms with Gasteiger partial charge in [0, 0.05) is 18.7 Å². The van der Waals surface area contributed by atoms with Gasteiger partial charge in [0.2, 0.25) is 10.0 Å². The zero-order chi connectivity index (χ0) is 11.5. The third kappa shape index (κ3) is 6.65. The van der Waals surface area contributed by atoms with Gasteiger partial charge < -0.3 is 10.5 Å². The van der Waals surface area contributed by atoms with E-state index in [4.69, 9.17) is 10.5 Å². The number of ether oxygens (including phenoxy) is 1. The molecular formula is C9H21ClN2O3S.